The zero-order chi connectivity index (χ0) is 25.0. The number of ketones is 1. The van der Waals surface area contributed by atoms with Gasteiger partial charge in [0, 0.05) is 24.7 Å². The third-order valence-electron chi connectivity index (χ3n) is 6.59. The van der Waals surface area contributed by atoms with E-state index in [4.69, 9.17) is 14.8 Å². The molecular formula is C28H28N6O2S. The number of nitrogens with zero attached hydrogens (tertiary/aromatic N) is 6. The molecule has 188 valence electrons. The Labute approximate surface area is 219 Å². The van der Waals surface area contributed by atoms with Crippen LogP contribution in [0.15, 0.2) is 72.4 Å². The number of carbonyl (C=O) groups is 1. The molecule has 1 aliphatic heterocycles. The quantitative estimate of drug-likeness (QED) is 0.255. The number of fused-ring (bicyclic) bond motifs is 1. The molecule has 0 saturated carbocycles. The molecule has 8 nitrogen and oxygen atoms in total. The molecule has 37 heavy (non-hydrogen) atoms. The molecule has 1 saturated heterocycles. The number of carbonyl (C=O) groups excluding carboxylic acids is 1. The lowest BCUT2D eigenvalue weighted by atomic mass is 10.1. The van der Waals surface area contributed by atoms with Crippen LogP contribution in [-0.4, -0.2) is 61.3 Å². The Morgan fingerprint density at radius 3 is 2.70 bits per heavy atom. The first kappa shape index (κ1) is 23.6. The number of likely N-dealkylation sites (tertiary alicyclic amines) is 1. The average Bonchev–Trinajstić information content (AvgIpc) is 3.72. The van der Waals surface area contributed by atoms with E-state index >= 15 is 0 Å². The molecule has 0 aliphatic carbocycles. The fourth-order valence-electron chi connectivity index (χ4n) is 4.67. The van der Waals surface area contributed by atoms with Gasteiger partial charge in [-0.25, -0.2) is 9.50 Å². The zero-order valence-corrected chi connectivity index (χ0v) is 21.3. The van der Waals surface area contributed by atoms with E-state index in [0.717, 1.165) is 52.1 Å². The van der Waals surface area contributed by atoms with Crippen molar-refractivity contribution < 1.29 is 9.53 Å². The topological polar surface area (TPSA) is 77.6 Å². The Bertz CT molecular complexity index is 1480. The zero-order valence-electron chi connectivity index (χ0n) is 20.5. The van der Waals surface area contributed by atoms with Gasteiger partial charge in [-0.2, -0.15) is 10.2 Å². The Balaban J connectivity index is 1.12. The molecule has 5 heterocycles. The van der Waals surface area contributed by atoms with Gasteiger partial charge >= 0.3 is 0 Å². The molecule has 1 aliphatic rings. The summed E-state index contributed by atoms with van der Waals surface area (Å²) in [7, 11) is 0. The first-order chi connectivity index (χ1) is 18.2. The molecular weight excluding hydrogens is 484 g/mol. The predicted molar refractivity (Wildman–Crippen MR) is 143 cm³/mol. The minimum Gasteiger partial charge on any atom is -0.492 e. The van der Waals surface area contributed by atoms with E-state index in [0.29, 0.717) is 6.42 Å². The number of hydrogen-bond donors (Lipinski definition) is 0. The average molecular weight is 513 g/mol. The van der Waals surface area contributed by atoms with Crippen molar-refractivity contribution in [1.29, 1.82) is 0 Å². The molecule has 0 atom stereocenters. The number of ether oxygens (including phenoxy) is 1. The minimum absolute atomic E-state index is 0.0499. The van der Waals surface area contributed by atoms with Crippen LogP contribution >= 0.6 is 11.3 Å². The van der Waals surface area contributed by atoms with Gasteiger partial charge in [-0.1, -0.05) is 24.3 Å². The van der Waals surface area contributed by atoms with Crippen LogP contribution in [0.5, 0.6) is 5.75 Å². The Morgan fingerprint density at radius 2 is 1.89 bits per heavy atom. The summed E-state index contributed by atoms with van der Waals surface area (Å²) < 4.78 is 9.44. The first-order valence-corrected chi connectivity index (χ1v) is 13.5. The van der Waals surface area contributed by atoms with E-state index in [1.54, 1.807) is 10.9 Å². The summed E-state index contributed by atoms with van der Waals surface area (Å²) in [6.07, 6.45) is 6.87. The van der Waals surface area contributed by atoms with Crippen molar-refractivity contribution in [3.05, 3.63) is 88.6 Å². The third kappa shape index (κ3) is 5.47. The van der Waals surface area contributed by atoms with E-state index in [1.807, 2.05) is 58.6 Å². The highest BCUT2D eigenvalue weighted by atomic mass is 32.1. The van der Waals surface area contributed by atoms with Gasteiger partial charge in [-0.15, -0.1) is 11.3 Å². The number of Topliss-reactive ketones (excluding diaryl/α,β-unsaturated/α-hetero) is 1. The number of hydrogen-bond acceptors (Lipinski definition) is 7. The molecule has 0 unspecified atom stereocenters. The normalized spacial score (nSPS) is 13.9. The van der Waals surface area contributed by atoms with Crippen molar-refractivity contribution in [3.63, 3.8) is 0 Å². The van der Waals surface area contributed by atoms with Crippen LogP contribution in [0.25, 0.3) is 16.9 Å². The SMILES string of the molecule is O=C(Cn1cc(-c2cccc3nc(Cc4ccc(OCCN5CCCC5)cc4)nn23)cn1)c1cccs1. The van der Waals surface area contributed by atoms with Gasteiger partial charge in [-0.3, -0.25) is 14.4 Å². The monoisotopic (exact) mass is 512 g/mol. The highest BCUT2D eigenvalue weighted by molar-refractivity contribution is 7.12. The van der Waals surface area contributed by atoms with Crippen LogP contribution in [0.1, 0.15) is 33.9 Å². The molecule has 0 radical (unpaired) electrons. The maximum absolute atomic E-state index is 12.4. The van der Waals surface area contributed by atoms with Crippen molar-refractivity contribution in [2.75, 3.05) is 26.2 Å². The van der Waals surface area contributed by atoms with Gasteiger partial charge < -0.3 is 4.74 Å². The second kappa shape index (κ2) is 10.7. The van der Waals surface area contributed by atoms with Gasteiger partial charge in [0.05, 0.1) is 16.8 Å². The highest BCUT2D eigenvalue weighted by Gasteiger charge is 2.14. The summed E-state index contributed by atoms with van der Waals surface area (Å²) in [5, 5.41) is 11.1. The summed E-state index contributed by atoms with van der Waals surface area (Å²) in [5.41, 5.74) is 3.67. The van der Waals surface area contributed by atoms with Crippen LogP contribution in [0.4, 0.5) is 0 Å². The maximum Gasteiger partial charge on any atom is 0.194 e. The van der Waals surface area contributed by atoms with Gasteiger partial charge in [-0.05, 0) is 67.2 Å². The van der Waals surface area contributed by atoms with Crippen molar-refractivity contribution in [1.82, 2.24) is 29.3 Å². The summed E-state index contributed by atoms with van der Waals surface area (Å²) in [4.78, 5) is 20.4. The van der Waals surface area contributed by atoms with Crippen LogP contribution in [0.3, 0.4) is 0 Å². The summed E-state index contributed by atoms with van der Waals surface area (Å²) >= 11 is 1.45. The molecule has 0 bridgehead atoms. The number of aromatic nitrogens is 5. The molecule has 5 aromatic rings. The highest BCUT2D eigenvalue weighted by Crippen LogP contribution is 2.21. The summed E-state index contributed by atoms with van der Waals surface area (Å²) in [5.74, 6) is 1.69. The van der Waals surface area contributed by atoms with E-state index in [1.165, 1.54) is 37.3 Å². The summed E-state index contributed by atoms with van der Waals surface area (Å²) in [6.45, 7) is 4.28. The van der Waals surface area contributed by atoms with Gasteiger partial charge in [0.2, 0.25) is 0 Å². The standard InChI is InChI=1S/C28H28N6O2S/c35-25(26-6-4-16-37-26)20-33-19-22(18-29-33)24-5-3-7-28-30-27(31-34(24)28)17-21-8-10-23(11-9-21)36-15-14-32-12-1-2-13-32/h3-11,16,18-19H,1-2,12-15,17,20H2. The molecule has 0 amide bonds. The second-order valence-electron chi connectivity index (χ2n) is 9.25. The minimum atomic E-state index is 0.0499. The van der Waals surface area contributed by atoms with Gasteiger partial charge in [0.15, 0.2) is 17.3 Å². The number of thiophene rings is 1. The van der Waals surface area contributed by atoms with Gasteiger partial charge in [0.25, 0.3) is 0 Å². The maximum atomic E-state index is 12.4. The third-order valence-corrected chi connectivity index (χ3v) is 7.51. The van der Waals surface area contributed by atoms with Crippen LogP contribution in [0.2, 0.25) is 0 Å². The van der Waals surface area contributed by atoms with Crippen molar-refractivity contribution >= 4 is 22.8 Å². The molecule has 1 fully saturated rings. The molecule has 0 spiro atoms. The largest absolute Gasteiger partial charge is 0.492 e. The van der Waals surface area contributed by atoms with Gasteiger partial charge in [0.1, 0.15) is 18.9 Å². The van der Waals surface area contributed by atoms with Crippen molar-refractivity contribution in [3.8, 4) is 17.0 Å². The predicted octanol–water partition coefficient (Wildman–Crippen LogP) is 4.60. The van der Waals surface area contributed by atoms with Crippen LogP contribution < -0.4 is 4.74 Å². The molecule has 4 aromatic heterocycles. The number of benzene rings is 1. The smallest absolute Gasteiger partial charge is 0.194 e. The number of pyridine rings is 1. The fourth-order valence-corrected chi connectivity index (χ4v) is 5.33. The fraction of sp³-hybridized carbons (Fsp3) is 0.286. The Hall–Kier alpha value is -3.82. The molecule has 6 rings (SSSR count). The van der Waals surface area contributed by atoms with E-state index in [9.17, 15) is 4.79 Å². The Morgan fingerprint density at radius 1 is 1.03 bits per heavy atom. The second-order valence-corrected chi connectivity index (χ2v) is 10.2. The lowest BCUT2D eigenvalue weighted by molar-refractivity contribution is 0.0971. The Kier molecular flexibility index (Phi) is 6.79. The lowest BCUT2D eigenvalue weighted by Crippen LogP contribution is -2.25. The van der Waals surface area contributed by atoms with E-state index in [-0.39, 0.29) is 12.3 Å². The first-order valence-electron chi connectivity index (χ1n) is 12.6. The lowest BCUT2D eigenvalue weighted by Gasteiger charge is -2.14. The van der Waals surface area contributed by atoms with Crippen LogP contribution in [-0.2, 0) is 13.0 Å². The summed E-state index contributed by atoms with van der Waals surface area (Å²) in [6, 6.07) is 17.8. The van der Waals surface area contributed by atoms with Crippen molar-refractivity contribution in [2.45, 2.75) is 25.8 Å². The molecule has 9 heteroatoms. The van der Waals surface area contributed by atoms with E-state index < -0.39 is 0 Å². The number of rotatable bonds is 10. The van der Waals surface area contributed by atoms with Crippen LogP contribution in [0, 0.1) is 0 Å². The van der Waals surface area contributed by atoms with Crippen molar-refractivity contribution in [2.24, 2.45) is 0 Å². The molecule has 1 aromatic carbocycles. The molecule has 0 N–H and O–H groups in total. The van der Waals surface area contributed by atoms with E-state index in [2.05, 4.69) is 22.1 Å².